The molecule has 1 aromatic carbocycles. The Hall–Kier alpha value is -1.41. The average Bonchev–Trinajstić information content (AvgIpc) is 2.84. The summed E-state index contributed by atoms with van der Waals surface area (Å²) in [5.41, 5.74) is 0.335. The predicted octanol–water partition coefficient (Wildman–Crippen LogP) is 1.25. The third-order valence-corrected chi connectivity index (χ3v) is 6.01. The number of carbonyl (C=O) groups excluding carboxylic acids is 2. The number of rotatable bonds is 4. The highest BCUT2D eigenvalue weighted by molar-refractivity contribution is 9.10. The molecule has 0 aliphatic carbocycles. The summed E-state index contributed by atoms with van der Waals surface area (Å²) in [5, 5.41) is 0. The minimum atomic E-state index is -3.06. The largest absolute Gasteiger partial charge is 0.452 e. The van der Waals surface area contributed by atoms with Crippen molar-refractivity contribution in [3.05, 3.63) is 34.3 Å². The number of nitrogens with zero attached hydrogens (tertiary/aromatic N) is 1. The highest BCUT2D eigenvalue weighted by atomic mass is 79.9. The van der Waals surface area contributed by atoms with Crippen LogP contribution in [0.25, 0.3) is 0 Å². The summed E-state index contributed by atoms with van der Waals surface area (Å²) in [6.45, 7) is -0.410. The van der Waals surface area contributed by atoms with Crippen LogP contribution in [0.2, 0.25) is 0 Å². The van der Waals surface area contributed by atoms with Crippen LogP contribution < -0.4 is 0 Å². The summed E-state index contributed by atoms with van der Waals surface area (Å²) < 4.78 is 28.4. The lowest BCUT2D eigenvalue weighted by Crippen LogP contribution is -2.40. The van der Waals surface area contributed by atoms with Gasteiger partial charge >= 0.3 is 5.97 Å². The van der Waals surface area contributed by atoms with Gasteiger partial charge < -0.3 is 9.64 Å². The van der Waals surface area contributed by atoms with Crippen molar-refractivity contribution in [1.82, 2.24) is 4.90 Å². The smallest absolute Gasteiger partial charge is 0.339 e. The van der Waals surface area contributed by atoms with Crippen LogP contribution in [-0.4, -0.2) is 56.4 Å². The maximum absolute atomic E-state index is 12.0. The molecule has 1 heterocycles. The summed E-state index contributed by atoms with van der Waals surface area (Å²) in [5.74, 6) is -0.963. The van der Waals surface area contributed by atoms with Gasteiger partial charge in [-0.1, -0.05) is 12.1 Å². The van der Waals surface area contributed by atoms with Gasteiger partial charge in [-0.3, -0.25) is 4.79 Å². The van der Waals surface area contributed by atoms with Crippen molar-refractivity contribution < 1.29 is 22.7 Å². The molecule has 1 saturated heterocycles. The van der Waals surface area contributed by atoms with Gasteiger partial charge in [0, 0.05) is 17.6 Å². The zero-order chi connectivity index (χ0) is 16.3. The quantitative estimate of drug-likeness (QED) is 0.723. The number of benzene rings is 1. The molecule has 1 aliphatic heterocycles. The lowest BCUT2D eigenvalue weighted by Gasteiger charge is -2.23. The summed E-state index contributed by atoms with van der Waals surface area (Å²) in [6, 6.07) is 6.40. The van der Waals surface area contributed by atoms with Crippen LogP contribution in [0.5, 0.6) is 0 Å². The number of esters is 1. The molecule has 0 radical (unpaired) electrons. The fourth-order valence-electron chi connectivity index (χ4n) is 2.22. The molecular formula is C14H16BrNO5S. The highest BCUT2D eigenvalue weighted by Gasteiger charge is 2.32. The van der Waals surface area contributed by atoms with Crippen LogP contribution in [0.4, 0.5) is 0 Å². The van der Waals surface area contributed by atoms with E-state index in [1.54, 1.807) is 24.3 Å². The van der Waals surface area contributed by atoms with Gasteiger partial charge in [0.15, 0.2) is 16.4 Å². The highest BCUT2D eigenvalue weighted by Crippen LogP contribution is 2.18. The molecule has 1 unspecified atom stereocenters. The second-order valence-electron chi connectivity index (χ2n) is 5.12. The Morgan fingerprint density at radius 3 is 2.64 bits per heavy atom. The van der Waals surface area contributed by atoms with E-state index in [0.29, 0.717) is 16.5 Å². The van der Waals surface area contributed by atoms with Crippen molar-refractivity contribution in [3.63, 3.8) is 0 Å². The first kappa shape index (κ1) is 17.0. The van der Waals surface area contributed by atoms with Crippen LogP contribution in [-0.2, 0) is 19.4 Å². The maximum atomic E-state index is 12.0. The fraction of sp³-hybridized carbons (Fsp3) is 0.429. The molecule has 1 aromatic rings. The van der Waals surface area contributed by atoms with Crippen LogP contribution >= 0.6 is 15.9 Å². The second kappa shape index (κ2) is 6.78. The van der Waals surface area contributed by atoms with E-state index in [2.05, 4.69) is 15.9 Å². The first-order valence-electron chi connectivity index (χ1n) is 6.68. The number of sulfone groups is 1. The Morgan fingerprint density at radius 1 is 1.36 bits per heavy atom. The monoisotopic (exact) mass is 389 g/mol. The van der Waals surface area contributed by atoms with Crippen LogP contribution in [0.15, 0.2) is 28.7 Å². The molecule has 1 fully saturated rings. The zero-order valence-electron chi connectivity index (χ0n) is 12.0. The number of likely N-dealkylation sites (N-methyl/N-ethyl adjacent to an activating group) is 1. The van der Waals surface area contributed by atoms with Gasteiger partial charge in [0.05, 0.1) is 17.1 Å². The number of amides is 1. The Balaban J connectivity index is 1.90. The van der Waals surface area contributed by atoms with E-state index in [0.717, 1.165) is 0 Å². The topological polar surface area (TPSA) is 80.8 Å². The van der Waals surface area contributed by atoms with E-state index in [4.69, 9.17) is 4.74 Å². The Labute approximate surface area is 137 Å². The number of ether oxygens (including phenoxy) is 1. The van der Waals surface area contributed by atoms with Crippen molar-refractivity contribution in [2.75, 3.05) is 25.2 Å². The first-order valence-corrected chi connectivity index (χ1v) is 9.29. The lowest BCUT2D eigenvalue weighted by atomic mass is 10.2. The second-order valence-corrected chi connectivity index (χ2v) is 8.20. The summed E-state index contributed by atoms with van der Waals surface area (Å²) in [4.78, 5) is 25.2. The summed E-state index contributed by atoms with van der Waals surface area (Å²) in [6.07, 6.45) is 0.419. The van der Waals surface area contributed by atoms with E-state index in [-0.39, 0.29) is 17.5 Å². The van der Waals surface area contributed by atoms with Crippen molar-refractivity contribution >= 4 is 37.6 Å². The van der Waals surface area contributed by atoms with E-state index in [9.17, 15) is 18.0 Å². The minimum Gasteiger partial charge on any atom is -0.452 e. The number of halogens is 1. The minimum absolute atomic E-state index is 0.0343. The molecule has 8 heteroatoms. The molecule has 1 atom stereocenters. The van der Waals surface area contributed by atoms with Gasteiger partial charge in [-0.15, -0.1) is 0 Å². The van der Waals surface area contributed by atoms with Crippen molar-refractivity contribution in [2.24, 2.45) is 0 Å². The molecule has 0 N–H and O–H groups in total. The van der Waals surface area contributed by atoms with E-state index in [1.165, 1.54) is 11.9 Å². The molecular weight excluding hydrogens is 374 g/mol. The predicted molar refractivity (Wildman–Crippen MR) is 84.3 cm³/mol. The third-order valence-electron chi connectivity index (χ3n) is 3.57. The Kier molecular flexibility index (Phi) is 5.23. The fourth-order valence-corrected chi connectivity index (χ4v) is 4.44. The van der Waals surface area contributed by atoms with Crippen molar-refractivity contribution in [1.29, 1.82) is 0 Å². The van der Waals surface area contributed by atoms with Crippen molar-refractivity contribution in [3.8, 4) is 0 Å². The zero-order valence-corrected chi connectivity index (χ0v) is 14.4. The number of hydrogen-bond acceptors (Lipinski definition) is 5. The molecule has 0 bridgehead atoms. The Bertz CT molecular complexity index is 688. The third kappa shape index (κ3) is 4.07. The number of hydrogen-bond donors (Lipinski definition) is 0. The van der Waals surface area contributed by atoms with Crippen LogP contribution in [0, 0.1) is 0 Å². The Morgan fingerprint density at radius 2 is 2.05 bits per heavy atom. The maximum Gasteiger partial charge on any atom is 0.339 e. The van der Waals surface area contributed by atoms with Gasteiger partial charge in [-0.05, 0) is 34.5 Å². The molecule has 2 rings (SSSR count). The molecule has 6 nitrogen and oxygen atoms in total. The van der Waals surface area contributed by atoms with Crippen LogP contribution in [0.1, 0.15) is 16.8 Å². The van der Waals surface area contributed by atoms with Gasteiger partial charge in [-0.25, -0.2) is 13.2 Å². The molecule has 0 aromatic heterocycles. The summed E-state index contributed by atoms with van der Waals surface area (Å²) >= 11 is 3.24. The SMILES string of the molecule is CN(C(=O)COC(=O)c1ccccc1Br)C1CCS(=O)(=O)C1. The molecule has 0 spiro atoms. The van der Waals surface area contributed by atoms with E-state index < -0.39 is 28.3 Å². The standard InChI is InChI=1S/C14H16BrNO5S/c1-16(10-6-7-22(19,20)9-10)13(17)8-21-14(18)11-4-2-3-5-12(11)15/h2-5,10H,6-9H2,1H3. The summed E-state index contributed by atoms with van der Waals surface area (Å²) in [7, 11) is -1.53. The molecule has 0 saturated carbocycles. The average molecular weight is 390 g/mol. The normalized spacial score (nSPS) is 19.6. The van der Waals surface area contributed by atoms with E-state index >= 15 is 0 Å². The number of carbonyl (C=O) groups is 2. The molecule has 1 aliphatic rings. The van der Waals surface area contributed by atoms with Gasteiger partial charge in [0.1, 0.15) is 0 Å². The van der Waals surface area contributed by atoms with Gasteiger partial charge in [0.2, 0.25) is 0 Å². The molecule has 1 amide bonds. The van der Waals surface area contributed by atoms with Gasteiger partial charge in [0.25, 0.3) is 5.91 Å². The van der Waals surface area contributed by atoms with Gasteiger partial charge in [-0.2, -0.15) is 0 Å². The molecule has 22 heavy (non-hydrogen) atoms. The lowest BCUT2D eigenvalue weighted by molar-refractivity contribution is -0.134. The van der Waals surface area contributed by atoms with Crippen molar-refractivity contribution in [2.45, 2.75) is 12.5 Å². The first-order chi connectivity index (χ1) is 10.3. The van der Waals surface area contributed by atoms with E-state index in [1.807, 2.05) is 0 Å². The molecule has 120 valence electrons. The van der Waals surface area contributed by atoms with Crippen LogP contribution in [0.3, 0.4) is 0 Å².